The standard InChI is InChI=1S/C63H114O6/c1-4-7-10-13-16-19-22-25-28-30-32-34-35-38-41-44-47-50-53-56-62(65)68-59-60(58-67-61(64)55-52-49-46-43-40-37-27-24-21-18-15-12-9-6-3)69-63(66)57-54-51-48-45-42-39-36-33-31-29-26-23-20-17-14-11-8-5-2/h7,10,16,19,25,28,32,34,60H,4-6,8-9,11-15,17-18,20-24,26-27,29-31,33,35-59H2,1-3H3/b10-7-,19-16-,28-25-,34-32-. The van der Waals surface area contributed by atoms with Crippen molar-refractivity contribution in [1.82, 2.24) is 0 Å². The van der Waals surface area contributed by atoms with E-state index in [1.165, 1.54) is 186 Å². The Balaban J connectivity index is 4.35. The molecule has 0 aromatic carbocycles. The number of unbranched alkanes of at least 4 members (excludes halogenated alkanes) is 36. The van der Waals surface area contributed by atoms with E-state index in [-0.39, 0.29) is 31.1 Å². The Morgan fingerprint density at radius 2 is 0.565 bits per heavy atom. The van der Waals surface area contributed by atoms with Crippen molar-refractivity contribution in [3.63, 3.8) is 0 Å². The minimum absolute atomic E-state index is 0.0729. The monoisotopic (exact) mass is 967 g/mol. The van der Waals surface area contributed by atoms with Crippen molar-refractivity contribution >= 4 is 17.9 Å². The largest absolute Gasteiger partial charge is 0.462 e. The normalized spacial score (nSPS) is 12.3. The molecule has 0 rings (SSSR count). The van der Waals surface area contributed by atoms with E-state index in [1.807, 2.05) is 0 Å². The summed E-state index contributed by atoms with van der Waals surface area (Å²) >= 11 is 0. The number of hydrogen-bond donors (Lipinski definition) is 0. The van der Waals surface area contributed by atoms with Crippen molar-refractivity contribution in [3.05, 3.63) is 48.6 Å². The maximum Gasteiger partial charge on any atom is 0.306 e. The average molecular weight is 968 g/mol. The highest BCUT2D eigenvalue weighted by Gasteiger charge is 2.19. The van der Waals surface area contributed by atoms with Gasteiger partial charge in [-0.05, 0) is 57.8 Å². The van der Waals surface area contributed by atoms with Gasteiger partial charge in [0.25, 0.3) is 0 Å². The Kier molecular flexibility index (Phi) is 55.7. The molecule has 0 saturated carbocycles. The highest BCUT2D eigenvalue weighted by atomic mass is 16.6. The lowest BCUT2D eigenvalue weighted by Gasteiger charge is -2.18. The van der Waals surface area contributed by atoms with Crippen LogP contribution < -0.4 is 0 Å². The zero-order chi connectivity index (χ0) is 50.0. The first-order chi connectivity index (χ1) is 34.0. The smallest absolute Gasteiger partial charge is 0.306 e. The molecule has 0 aliphatic heterocycles. The topological polar surface area (TPSA) is 78.9 Å². The van der Waals surface area contributed by atoms with Gasteiger partial charge in [0.2, 0.25) is 0 Å². The van der Waals surface area contributed by atoms with Gasteiger partial charge in [-0.3, -0.25) is 14.4 Å². The van der Waals surface area contributed by atoms with Crippen LogP contribution in [0.5, 0.6) is 0 Å². The molecule has 0 amide bonds. The van der Waals surface area contributed by atoms with Crippen LogP contribution in [0.15, 0.2) is 48.6 Å². The first-order valence-corrected chi connectivity index (χ1v) is 30.1. The highest BCUT2D eigenvalue weighted by molar-refractivity contribution is 5.71. The van der Waals surface area contributed by atoms with Crippen LogP contribution >= 0.6 is 0 Å². The van der Waals surface area contributed by atoms with Gasteiger partial charge in [0.1, 0.15) is 13.2 Å². The summed E-state index contributed by atoms with van der Waals surface area (Å²) in [5.74, 6) is -0.867. The van der Waals surface area contributed by atoms with E-state index in [4.69, 9.17) is 14.2 Å². The minimum Gasteiger partial charge on any atom is -0.462 e. The van der Waals surface area contributed by atoms with Gasteiger partial charge in [-0.15, -0.1) is 0 Å². The molecule has 0 N–H and O–H groups in total. The van der Waals surface area contributed by atoms with Crippen LogP contribution in [-0.2, 0) is 28.6 Å². The third-order valence-corrected chi connectivity index (χ3v) is 13.3. The van der Waals surface area contributed by atoms with E-state index < -0.39 is 6.10 Å². The molecule has 0 saturated heterocycles. The number of allylic oxidation sites excluding steroid dienone is 8. The Bertz CT molecular complexity index is 1200. The molecule has 69 heavy (non-hydrogen) atoms. The van der Waals surface area contributed by atoms with Crippen LogP contribution in [0.4, 0.5) is 0 Å². The quantitative estimate of drug-likeness (QED) is 0.0262. The van der Waals surface area contributed by atoms with Crippen LogP contribution in [0.3, 0.4) is 0 Å². The molecule has 0 aliphatic carbocycles. The second kappa shape index (κ2) is 57.9. The van der Waals surface area contributed by atoms with Gasteiger partial charge < -0.3 is 14.2 Å². The third kappa shape index (κ3) is 56.2. The van der Waals surface area contributed by atoms with Crippen molar-refractivity contribution in [2.45, 2.75) is 322 Å². The first-order valence-electron chi connectivity index (χ1n) is 30.1. The Labute approximate surface area is 428 Å². The van der Waals surface area contributed by atoms with Gasteiger partial charge in [-0.1, -0.05) is 288 Å². The molecule has 0 spiro atoms. The Morgan fingerprint density at radius 1 is 0.304 bits per heavy atom. The van der Waals surface area contributed by atoms with Gasteiger partial charge in [0.15, 0.2) is 6.10 Å². The molecule has 0 aromatic heterocycles. The number of carbonyl (C=O) groups is 3. The first kappa shape index (κ1) is 66.4. The lowest BCUT2D eigenvalue weighted by Crippen LogP contribution is -2.30. The summed E-state index contributed by atoms with van der Waals surface area (Å²) in [6.45, 7) is 6.56. The number of ether oxygens (including phenoxy) is 3. The number of carbonyl (C=O) groups excluding carboxylic acids is 3. The molecule has 0 aliphatic rings. The fourth-order valence-electron chi connectivity index (χ4n) is 8.85. The van der Waals surface area contributed by atoms with Crippen molar-refractivity contribution in [2.75, 3.05) is 13.2 Å². The summed E-state index contributed by atoms with van der Waals surface area (Å²) in [7, 11) is 0. The predicted molar refractivity (Wildman–Crippen MR) is 298 cm³/mol. The zero-order valence-corrected chi connectivity index (χ0v) is 46.1. The molecule has 402 valence electrons. The SMILES string of the molecule is CC/C=C\C/C=C\C/C=C\C/C=C\CCCCCCCCC(=O)OCC(COC(=O)CCCCCCCCCCCCCCCC)OC(=O)CCCCCCCCCCCCCCCCCCCC. The number of hydrogen-bond acceptors (Lipinski definition) is 6. The van der Waals surface area contributed by atoms with Gasteiger partial charge in [0, 0.05) is 19.3 Å². The molecule has 0 heterocycles. The van der Waals surface area contributed by atoms with E-state index in [2.05, 4.69) is 69.4 Å². The molecule has 1 atom stereocenters. The molecule has 0 fully saturated rings. The lowest BCUT2D eigenvalue weighted by molar-refractivity contribution is -0.167. The predicted octanol–water partition coefficient (Wildman–Crippen LogP) is 20.2. The number of esters is 3. The summed E-state index contributed by atoms with van der Waals surface area (Å²) in [6, 6.07) is 0. The summed E-state index contributed by atoms with van der Waals surface area (Å²) in [6.07, 6.45) is 71.0. The maximum atomic E-state index is 12.9. The summed E-state index contributed by atoms with van der Waals surface area (Å²) in [5.41, 5.74) is 0. The molecule has 0 bridgehead atoms. The van der Waals surface area contributed by atoms with Crippen LogP contribution in [-0.4, -0.2) is 37.2 Å². The van der Waals surface area contributed by atoms with Gasteiger partial charge in [-0.25, -0.2) is 0 Å². The summed E-state index contributed by atoms with van der Waals surface area (Å²) < 4.78 is 16.9. The Morgan fingerprint density at radius 3 is 0.884 bits per heavy atom. The van der Waals surface area contributed by atoms with E-state index >= 15 is 0 Å². The highest BCUT2D eigenvalue weighted by Crippen LogP contribution is 2.17. The molecular formula is C63H114O6. The van der Waals surface area contributed by atoms with Crippen LogP contribution in [0.2, 0.25) is 0 Å². The zero-order valence-electron chi connectivity index (χ0n) is 46.1. The summed E-state index contributed by atoms with van der Waals surface area (Å²) in [4.78, 5) is 38.2. The van der Waals surface area contributed by atoms with Crippen molar-refractivity contribution < 1.29 is 28.6 Å². The fourth-order valence-corrected chi connectivity index (χ4v) is 8.85. The van der Waals surface area contributed by atoms with E-state index in [9.17, 15) is 14.4 Å². The van der Waals surface area contributed by atoms with E-state index in [1.54, 1.807) is 0 Å². The summed E-state index contributed by atoms with van der Waals surface area (Å²) in [5, 5.41) is 0. The molecule has 6 nitrogen and oxygen atoms in total. The molecule has 0 radical (unpaired) electrons. The van der Waals surface area contributed by atoms with E-state index in [0.29, 0.717) is 19.3 Å². The third-order valence-electron chi connectivity index (χ3n) is 13.3. The van der Waals surface area contributed by atoms with Crippen LogP contribution in [0.25, 0.3) is 0 Å². The van der Waals surface area contributed by atoms with E-state index in [0.717, 1.165) is 89.9 Å². The van der Waals surface area contributed by atoms with Gasteiger partial charge in [-0.2, -0.15) is 0 Å². The van der Waals surface area contributed by atoms with Crippen LogP contribution in [0, 0.1) is 0 Å². The Hall–Kier alpha value is -2.63. The van der Waals surface area contributed by atoms with Crippen molar-refractivity contribution in [1.29, 1.82) is 0 Å². The average Bonchev–Trinajstić information content (AvgIpc) is 3.35. The number of rotatable bonds is 55. The van der Waals surface area contributed by atoms with Crippen molar-refractivity contribution in [3.8, 4) is 0 Å². The minimum atomic E-state index is -0.775. The lowest BCUT2D eigenvalue weighted by atomic mass is 10.0. The molecular weight excluding hydrogens is 853 g/mol. The van der Waals surface area contributed by atoms with Gasteiger partial charge >= 0.3 is 17.9 Å². The molecule has 0 aromatic rings. The molecule has 6 heteroatoms. The second-order valence-corrected chi connectivity index (χ2v) is 20.2. The van der Waals surface area contributed by atoms with Crippen molar-refractivity contribution in [2.24, 2.45) is 0 Å². The maximum absolute atomic E-state index is 12.9. The van der Waals surface area contributed by atoms with Gasteiger partial charge in [0.05, 0.1) is 0 Å². The second-order valence-electron chi connectivity index (χ2n) is 20.2. The fraction of sp³-hybridized carbons (Fsp3) is 0.825. The molecule has 1 unspecified atom stereocenters. The van der Waals surface area contributed by atoms with Crippen LogP contribution in [0.1, 0.15) is 316 Å².